The van der Waals surface area contributed by atoms with E-state index in [9.17, 15) is 4.79 Å². The number of amides is 1. The summed E-state index contributed by atoms with van der Waals surface area (Å²) in [5, 5.41) is 0. The van der Waals surface area contributed by atoms with Gasteiger partial charge in [-0.2, -0.15) is 0 Å². The van der Waals surface area contributed by atoms with E-state index < -0.39 is 5.72 Å². The van der Waals surface area contributed by atoms with Gasteiger partial charge in [0.1, 0.15) is 5.72 Å². The second-order valence-corrected chi connectivity index (χ2v) is 3.63. The smallest absolute Gasteiger partial charge is 0.412 e. The Morgan fingerprint density at radius 1 is 1.79 bits per heavy atom. The Hall–Kier alpha value is -1.03. The lowest BCUT2D eigenvalue weighted by molar-refractivity contribution is -0.0462. The lowest BCUT2D eigenvalue weighted by atomic mass is 10.2. The molecule has 0 radical (unpaired) electrons. The van der Waals surface area contributed by atoms with Crippen molar-refractivity contribution in [3.63, 3.8) is 0 Å². The van der Waals surface area contributed by atoms with Crippen molar-refractivity contribution in [1.82, 2.24) is 4.90 Å². The van der Waals surface area contributed by atoms with Gasteiger partial charge in [-0.1, -0.05) is 6.08 Å². The summed E-state index contributed by atoms with van der Waals surface area (Å²) in [7, 11) is 0. The van der Waals surface area contributed by atoms with E-state index in [0.29, 0.717) is 13.2 Å². The highest BCUT2D eigenvalue weighted by molar-refractivity contribution is 5.69. The molecule has 0 spiro atoms. The molecule has 14 heavy (non-hydrogen) atoms. The maximum absolute atomic E-state index is 11.6. The fourth-order valence-electron chi connectivity index (χ4n) is 1.55. The molecule has 0 bridgehead atoms. The minimum absolute atomic E-state index is 0.0935. The van der Waals surface area contributed by atoms with Crippen LogP contribution in [0.1, 0.15) is 20.8 Å². The Balaban J connectivity index is 2.79. The Morgan fingerprint density at radius 3 is 2.93 bits per heavy atom. The first kappa shape index (κ1) is 11.0. The zero-order valence-corrected chi connectivity index (χ0v) is 8.95. The Labute approximate surface area is 84.5 Å². The van der Waals surface area contributed by atoms with Crippen LogP contribution in [0.2, 0.25) is 0 Å². The minimum atomic E-state index is -0.606. The van der Waals surface area contributed by atoms with Crippen LogP contribution in [0, 0.1) is 0 Å². The molecule has 4 heteroatoms. The first-order valence-electron chi connectivity index (χ1n) is 4.75. The summed E-state index contributed by atoms with van der Waals surface area (Å²) in [4.78, 5) is 13.2. The van der Waals surface area contributed by atoms with Crippen molar-refractivity contribution < 1.29 is 14.3 Å². The molecule has 0 unspecified atom stereocenters. The topological polar surface area (TPSA) is 38.8 Å². The van der Waals surface area contributed by atoms with Crippen molar-refractivity contribution in [3.05, 3.63) is 12.7 Å². The average molecular weight is 199 g/mol. The van der Waals surface area contributed by atoms with Crippen molar-refractivity contribution >= 4 is 6.09 Å². The largest absolute Gasteiger partial charge is 0.450 e. The molecule has 1 aliphatic rings. The molecule has 80 valence electrons. The fourth-order valence-corrected chi connectivity index (χ4v) is 1.55. The summed E-state index contributed by atoms with van der Waals surface area (Å²) in [6.45, 7) is 9.99. The number of hydrogen-bond donors (Lipinski definition) is 0. The van der Waals surface area contributed by atoms with Crippen LogP contribution < -0.4 is 0 Å². The summed E-state index contributed by atoms with van der Waals surface area (Å²) in [5.74, 6) is 0. The molecule has 1 atom stereocenters. The predicted octanol–water partition coefficient (Wildman–Crippen LogP) is 1.77. The van der Waals surface area contributed by atoms with E-state index in [1.54, 1.807) is 17.9 Å². The number of carbonyl (C=O) groups excluding carboxylic acids is 1. The second-order valence-electron chi connectivity index (χ2n) is 3.63. The van der Waals surface area contributed by atoms with E-state index in [2.05, 4.69) is 6.58 Å². The van der Waals surface area contributed by atoms with Gasteiger partial charge in [0.25, 0.3) is 0 Å². The van der Waals surface area contributed by atoms with Gasteiger partial charge in [0, 0.05) is 0 Å². The van der Waals surface area contributed by atoms with Crippen LogP contribution in [-0.2, 0) is 9.47 Å². The third-order valence-electron chi connectivity index (χ3n) is 2.26. The Kier molecular flexibility index (Phi) is 3.16. The zero-order valence-electron chi connectivity index (χ0n) is 8.95. The van der Waals surface area contributed by atoms with Gasteiger partial charge in [-0.25, -0.2) is 4.79 Å². The standard InChI is InChI=1S/C10H17NO3/c1-5-8-7-14-10(3,4)11(8)9(12)13-6-2/h5,8H,1,6-7H2,2-4H3/t8-/m0/s1. The number of carbonyl (C=O) groups is 1. The quantitative estimate of drug-likeness (QED) is 0.636. The predicted molar refractivity (Wildman–Crippen MR) is 52.9 cm³/mol. The molecule has 1 rings (SSSR count). The highest BCUT2D eigenvalue weighted by Crippen LogP contribution is 2.28. The van der Waals surface area contributed by atoms with E-state index in [1.807, 2.05) is 13.8 Å². The number of nitrogens with zero attached hydrogens (tertiary/aromatic N) is 1. The van der Waals surface area contributed by atoms with E-state index in [1.165, 1.54) is 0 Å². The molecule has 4 nitrogen and oxygen atoms in total. The molecule has 0 saturated carbocycles. The normalized spacial score (nSPS) is 24.8. The molecular formula is C10H17NO3. The monoisotopic (exact) mass is 199 g/mol. The molecule has 0 aromatic carbocycles. The summed E-state index contributed by atoms with van der Waals surface area (Å²) >= 11 is 0. The van der Waals surface area contributed by atoms with E-state index >= 15 is 0 Å². The molecule has 1 amide bonds. The zero-order chi connectivity index (χ0) is 10.8. The van der Waals surface area contributed by atoms with Crippen molar-refractivity contribution in [1.29, 1.82) is 0 Å². The van der Waals surface area contributed by atoms with E-state index in [-0.39, 0.29) is 12.1 Å². The number of rotatable bonds is 2. The first-order chi connectivity index (χ1) is 6.53. The van der Waals surface area contributed by atoms with Crippen LogP contribution in [0.25, 0.3) is 0 Å². The summed E-state index contributed by atoms with van der Waals surface area (Å²) in [6, 6.07) is -0.0935. The first-order valence-corrected chi connectivity index (χ1v) is 4.75. The second kappa shape index (κ2) is 4.00. The highest BCUT2D eigenvalue weighted by atomic mass is 16.6. The molecule has 1 fully saturated rings. The number of ether oxygens (including phenoxy) is 2. The lowest BCUT2D eigenvalue weighted by Gasteiger charge is -2.31. The van der Waals surface area contributed by atoms with Gasteiger partial charge < -0.3 is 9.47 Å². The van der Waals surface area contributed by atoms with Gasteiger partial charge in [0.05, 0.1) is 19.3 Å². The SMILES string of the molecule is C=C[C@H]1COC(C)(C)N1C(=O)OCC. The van der Waals surface area contributed by atoms with Crippen LogP contribution in [-0.4, -0.2) is 36.0 Å². The molecule has 0 aromatic heterocycles. The molecule has 0 aliphatic carbocycles. The van der Waals surface area contributed by atoms with Crippen LogP contribution in [0.5, 0.6) is 0 Å². The van der Waals surface area contributed by atoms with Gasteiger partial charge in [0.15, 0.2) is 0 Å². The van der Waals surface area contributed by atoms with Gasteiger partial charge in [-0.15, -0.1) is 6.58 Å². The molecule has 1 aliphatic heterocycles. The van der Waals surface area contributed by atoms with Gasteiger partial charge >= 0.3 is 6.09 Å². The highest BCUT2D eigenvalue weighted by Gasteiger charge is 2.43. The molecule has 1 saturated heterocycles. The Morgan fingerprint density at radius 2 is 2.43 bits per heavy atom. The number of hydrogen-bond acceptors (Lipinski definition) is 3. The van der Waals surface area contributed by atoms with Crippen LogP contribution in [0.4, 0.5) is 4.79 Å². The molecular weight excluding hydrogens is 182 g/mol. The van der Waals surface area contributed by atoms with Crippen LogP contribution in [0.3, 0.4) is 0 Å². The maximum Gasteiger partial charge on any atom is 0.412 e. The Bertz CT molecular complexity index is 238. The molecule has 0 aromatic rings. The summed E-state index contributed by atoms with van der Waals surface area (Å²) < 4.78 is 10.4. The van der Waals surface area contributed by atoms with Crippen molar-refractivity contribution in [2.75, 3.05) is 13.2 Å². The van der Waals surface area contributed by atoms with Crippen LogP contribution in [0.15, 0.2) is 12.7 Å². The average Bonchev–Trinajstić information content (AvgIpc) is 2.41. The van der Waals surface area contributed by atoms with Gasteiger partial charge in [-0.3, -0.25) is 4.90 Å². The molecule has 0 N–H and O–H groups in total. The van der Waals surface area contributed by atoms with Gasteiger partial charge in [-0.05, 0) is 20.8 Å². The maximum atomic E-state index is 11.6. The lowest BCUT2D eigenvalue weighted by Crippen LogP contribution is -2.47. The van der Waals surface area contributed by atoms with E-state index in [4.69, 9.17) is 9.47 Å². The minimum Gasteiger partial charge on any atom is -0.450 e. The third kappa shape index (κ3) is 1.90. The third-order valence-corrected chi connectivity index (χ3v) is 2.26. The summed E-state index contributed by atoms with van der Waals surface area (Å²) in [5.41, 5.74) is -0.606. The van der Waals surface area contributed by atoms with Crippen molar-refractivity contribution in [3.8, 4) is 0 Å². The van der Waals surface area contributed by atoms with Crippen molar-refractivity contribution in [2.24, 2.45) is 0 Å². The van der Waals surface area contributed by atoms with E-state index in [0.717, 1.165) is 0 Å². The van der Waals surface area contributed by atoms with Crippen molar-refractivity contribution in [2.45, 2.75) is 32.5 Å². The fraction of sp³-hybridized carbons (Fsp3) is 0.700. The van der Waals surface area contributed by atoms with Crippen LogP contribution >= 0.6 is 0 Å². The molecule has 1 heterocycles. The summed E-state index contributed by atoms with van der Waals surface area (Å²) in [6.07, 6.45) is 1.35. The van der Waals surface area contributed by atoms with Gasteiger partial charge in [0.2, 0.25) is 0 Å².